The van der Waals surface area contributed by atoms with Crippen molar-refractivity contribution >= 4 is 5.91 Å². The average Bonchev–Trinajstić information content (AvgIpc) is 2.51. The largest absolute Gasteiger partial charge is 0.416 e. The summed E-state index contributed by atoms with van der Waals surface area (Å²) in [7, 11) is 0. The Labute approximate surface area is 136 Å². The van der Waals surface area contributed by atoms with Gasteiger partial charge in [-0.05, 0) is 24.5 Å². The maximum absolute atomic E-state index is 12.7. The zero-order valence-corrected chi connectivity index (χ0v) is 13.2. The summed E-state index contributed by atoms with van der Waals surface area (Å²) in [6, 6.07) is 6.28. The van der Waals surface area contributed by atoms with E-state index in [2.05, 4.69) is 10.3 Å². The molecule has 2 rings (SSSR count). The molecule has 2 aromatic rings. The zero-order chi connectivity index (χ0) is 17.9. The van der Waals surface area contributed by atoms with Gasteiger partial charge in [0, 0.05) is 24.5 Å². The van der Waals surface area contributed by atoms with Crippen molar-refractivity contribution in [3.05, 3.63) is 69.1 Å². The highest BCUT2D eigenvalue weighted by Gasteiger charge is 2.30. The molecule has 0 saturated heterocycles. The van der Waals surface area contributed by atoms with E-state index in [4.69, 9.17) is 0 Å². The van der Waals surface area contributed by atoms with Crippen molar-refractivity contribution in [3.63, 3.8) is 0 Å². The molecule has 0 radical (unpaired) electrons. The number of nitrogens with one attached hydrogen (secondary N) is 2. The maximum Gasteiger partial charge on any atom is 0.416 e. The number of benzene rings is 1. The third kappa shape index (κ3) is 4.24. The molecule has 4 nitrogen and oxygen atoms in total. The summed E-state index contributed by atoms with van der Waals surface area (Å²) in [5.41, 5.74) is -0.0720. The molecule has 7 heteroatoms. The van der Waals surface area contributed by atoms with Gasteiger partial charge < -0.3 is 10.3 Å². The minimum atomic E-state index is -4.41. The number of aryl methyl sites for hydroxylation is 1. The molecule has 0 saturated carbocycles. The monoisotopic (exact) mass is 338 g/mol. The van der Waals surface area contributed by atoms with Gasteiger partial charge in [0.05, 0.1) is 5.56 Å². The molecule has 0 fully saturated rings. The SMILES string of the molecule is Cc1cc(=O)c(C(=O)NCC(C)c2cccc(C(F)(F)F)c2)c[nH]1. The Hall–Kier alpha value is -2.57. The second-order valence-electron chi connectivity index (χ2n) is 5.63. The predicted molar refractivity (Wildman–Crippen MR) is 84.0 cm³/mol. The fourth-order valence-electron chi connectivity index (χ4n) is 2.23. The molecule has 1 amide bonds. The van der Waals surface area contributed by atoms with Gasteiger partial charge >= 0.3 is 6.18 Å². The quantitative estimate of drug-likeness (QED) is 0.899. The third-order valence-electron chi connectivity index (χ3n) is 3.65. The molecule has 1 unspecified atom stereocenters. The molecule has 1 aromatic carbocycles. The van der Waals surface area contributed by atoms with Gasteiger partial charge in [-0.1, -0.05) is 25.1 Å². The lowest BCUT2D eigenvalue weighted by Gasteiger charge is -2.15. The number of carbonyl (C=O) groups excluding carboxylic acids is 1. The van der Waals surface area contributed by atoms with Crippen LogP contribution in [0.4, 0.5) is 13.2 Å². The Balaban J connectivity index is 2.06. The molecule has 1 heterocycles. The number of rotatable bonds is 4. The Bertz CT molecular complexity index is 797. The van der Waals surface area contributed by atoms with E-state index in [-0.39, 0.29) is 18.0 Å². The highest BCUT2D eigenvalue weighted by atomic mass is 19.4. The molecule has 0 aliphatic heterocycles. The lowest BCUT2D eigenvalue weighted by molar-refractivity contribution is -0.137. The van der Waals surface area contributed by atoms with Crippen molar-refractivity contribution in [1.82, 2.24) is 10.3 Å². The number of halogens is 3. The van der Waals surface area contributed by atoms with E-state index >= 15 is 0 Å². The number of carbonyl (C=O) groups is 1. The fraction of sp³-hybridized carbons (Fsp3) is 0.294. The van der Waals surface area contributed by atoms with Crippen molar-refractivity contribution in [2.45, 2.75) is 25.9 Å². The number of alkyl halides is 3. The first-order chi connectivity index (χ1) is 11.2. The van der Waals surface area contributed by atoms with Crippen molar-refractivity contribution in [3.8, 4) is 0 Å². The van der Waals surface area contributed by atoms with Crippen LogP contribution >= 0.6 is 0 Å². The number of aromatic nitrogens is 1. The number of H-pyrrole nitrogens is 1. The molecule has 0 aliphatic carbocycles. The summed E-state index contributed by atoms with van der Waals surface area (Å²) in [6.45, 7) is 3.52. The van der Waals surface area contributed by atoms with Crippen LogP contribution in [0.15, 0.2) is 41.3 Å². The van der Waals surface area contributed by atoms with E-state index in [1.807, 2.05) is 0 Å². The van der Waals surface area contributed by atoms with Gasteiger partial charge in [0.25, 0.3) is 5.91 Å². The average molecular weight is 338 g/mol. The third-order valence-corrected chi connectivity index (χ3v) is 3.65. The van der Waals surface area contributed by atoms with Crippen LogP contribution in [0.5, 0.6) is 0 Å². The van der Waals surface area contributed by atoms with Gasteiger partial charge in [-0.15, -0.1) is 0 Å². The molecule has 0 bridgehead atoms. The van der Waals surface area contributed by atoms with Crippen LogP contribution in [0.25, 0.3) is 0 Å². The number of hydrogen-bond donors (Lipinski definition) is 2. The summed E-state index contributed by atoms with van der Waals surface area (Å²) in [4.78, 5) is 26.6. The lowest BCUT2D eigenvalue weighted by Crippen LogP contribution is -2.31. The number of amides is 1. The van der Waals surface area contributed by atoms with Gasteiger partial charge in [-0.3, -0.25) is 9.59 Å². The standard InChI is InChI=1S/C17H17F3N2O2/c1-10(12-4-3-5-13(7-12)17(18,19)20)8-22-16(24)14-9-21-11(2)6-15(14)23/h3-7,9-10H,8H2,1-2H3,(H,21,23)(H,22,24). The molecule has 24 heavy (non-hydrogen) atoms. The molecule has 128 valence electrons. The molecule has 0 spiro atoms. The van der Waals surface area contributed by atoms with Crippen molar-refractivity contribution < 1.29 is 18.0 Å². The summed E-state index contributed by atoms with van der Waals surface area (Å²) in [5.74, 6) is -0.893. The topological polar surface area (TPSA) is 62.0 Å². The second kappa shape index (κ2) is 6.90. The van der Waals surface area contributed by atoms with Crippen molar-refractivity contribution in [2.24, 2.45) is 0 Å². The van der Waals surface area contributed by atoms with Crippen LogP contribution in [-0.2, 0) is 6.18 Å². The molecule has 1 aromatic heterocycles. The molecular weight excluding hydrogens is 321 g/mol. The Morgan fingerprint density at radius 3 is 2.62 bits per heavy atom. The highest BCUT2D eigenvalue weighted by molar-refractivity contribution is 5.93. The summed E-state index contributed by atoms with van der Waals surface area (Å²) in [5, 5.41) is 2.58. The van der Waals surface area contributed by atoms with Gasteiger partial charge in [0.15, 0.2) is 5.43 Å². The minimum Gasteiger partial charge on any atom is -0.364 e. The van der Waals surface area contributed by atoms with E-state index in [0.29, 0.717) is 11.3 Å². The number of aromatic amines is 1. The Kier molecular flexibility index (Phi) is 5.11. The van der Waals surface area contributed by atoms with E-state index in [9.17, 15) is 22.8 Å². The van der Waals surface area contributed by atoms with Gasteiger partial charge in [-0.25, -0.2) is 0 Å². The summed E-state index contributed by atoms with van der Waals surface area (Å²) < 4.78 is 38.2. The van der Waals surface area contributed by atoms with Crippen LogP contribution in [0, 0.1) is 6.92 Å². The van der Waals surface area contributed by atoms with Crippen molar-refractivity contribution in [1.29, 1.82) is 0 Å². The van der Waals surface area contributed by atoms with Gasteiger partial charge in [0.1, 0.15) is 5.56 Å². The van der Waals surface area contributed by atoms with Crippen LogP contribution in [0.2, 0.25) is 0 Å². The normalized spacial score (nSPS) is 12.7. The zero-order valence-electron chi connectivity index (χ0n) is 13.2. The maximum atomic E-state index is 12.7. The molecule has 0 aliphatic rings. The van der Waals surface area contributed by atoms with Crippen molar-refractivity contribution in [2.75, 3.05) is 6.54 Å². The van der Waals surface area contributed by atoms with Crippen LogP contribution < -0.4 is 10.7 Å². The van der Waals surface area contributed by atoms with E-state index in [0.717, 1.165) is 12.1 Å². The van der Waals surface area contributed by atoms with Crippen LogP contribution in [-0.4, -0.2) is 17.4 Å². The molecule has 1 atom stereocenters. The minimum absolute atomic E-state index is 0.0307. The predicted octanol–water partition coefficient (Wildman–Crippen LogP) is 3.24. The van der Waals surface area contributed by atoms with Gasteiger partial charge in [-0.2, -0.15) is 13.2 Å². The summed E-state index contributed by atoms with van der Waals surface area (Å²) in [6.07, 6.45) is -3.09. The Morgan fingerprint density at radius 2 is 2.00 bits per heavy atom. The van der Waals surface area contributed by atoms with Gasteiger partial charge in [0.2, 0.25) is 0 Å². The van der Waals surface area contributed by atoms with E-state index in [1.165, 1.54) is 18.3 Å². The van der Waals surface area contributed by atoms with E-state index in [1.54, 1.807) is 19.9 Å². The Morgan fingerprint density at radius 1 is 1.29 bits per heavy atom. The summed E-state index contributed by atoms with van der Waals surface area (Å²) >= 11 is 0. The number of hydrogen-bond acceptors (Lipinski definition) is 2. The number of pyridine rings is 1. The first-order valence-electron chi connectivity index (χ1n) is 7.33. The lowest BCUT2D eigenvalue weighted by atomic mass is 9.98. The molecule has 2 N–H and O–H groups in total. The van der Waals surface area contributed by atoms with Crippen LogP contribution in [0.3, 0.4) is 0 Å². The van der Waals surface area contributed by atoms with Crippen LogP contribution in [0.1, 0.15) is 40.0 Å². The molecular formula is C17H17F3N2O2. The second-order valence-corrected chi connectivity index (χ2v) is 5.63. The smallest absolute Gasteiger partial charge is 0.364 e. The highest BCUT2D eigenvalue weighted by Crippen LogP contribution is 2.30. The fourth-order valence-corrected chi connectivity index (χ4v) is 2.23. The van der Waals surface area contributed by atoms with E-state index < -0.39 is 23.1 Å². The first kappa shape index (κ1) is 17.8. The first-order valence-corrected chi connectivity index (χ1v) is 7.33.